The van der Waals surface area contributed by atoms with Crippen molar-refractivity contribution < 1.29 is 14.7 Å². The summed E-state index contributed by atoms with van der Waals surface area (Å²) in [5.74, 6) is -1.14. The second-order valence-corrected chi connectivity index (χ2v) is 2.28. The second kappa shape index (κ2) is 2.79. The van der Waals surface area contributed by atoms with E-state index in [1.54, 1.807) is 0 Å². The third-order valence-electron chi connectivity index (χ3n) is 1.51. The van der Waals surface area contributed by atoms with E-state index in [1.807, 2.05) is 5.32 Å². The number of imide groups is 1. The molecule has 1 aliphatic heterocycles. The fourth-order valence-electron chi connectivity index (χ4n) is 0.863. The van der Waals surface area contributed by atoms with Crippen LogP contribution in [0.5, 0.6) is 0 Å². The summed E-state index contributed by atoms with van der Waals surface area (Å²) < 4.78 is 0. The van der Waals surface area contributed by atoms with Gasteiger partial charge >= 0.3 is 6.03 Å². The van der Waals surface area contributed by atoms with Crippen molar-refractivity contribution in [3.8, 4) is 0 Å². The molecule has 0 saturated heterocycles. The molecule has 1 aliphatic rings. The highest BCUT2D eigenvalue weighted by atomic mass is 16.3. The van der Waals surface area contributed by atoms with Crippen LogP contribution in [0.15, 0.2) is 4.99 Å². The standard InChI is InChI=1S/C6H8N2O3/c1-3-4(2-9)5(10)8-6(11)7-3/h4,9H,2H2,1H3,(H,8,10,11). The average Bonchev–Trinajstić information content (AvgIpc) is 1.85. The topological polar surface area (TPSA) is 78.8 Å². The van der Waals surface area contributed by atoms with Crippen molar-refractivity contribution in [2.45, 2.75) is 6.92 Å². The number of hydrogen-bond donors (Lipinski definition) is 2. The van der Waals surface area contributed by atoms with Crippen molar-refractivity contribution in [1.29, 1.82) is 0 Å². The lowest BCUT2D eigenvalue weighted by molar-refractivity contribution is -0.123. The predicted molar refractivity (Wildman–Crippen MR) is 37.2 cm³/mol. The van der Waals surface area contributed by atoms with Crippen LogP contribution in [-0.4, -0.2) is 29.4 Å². The van der Waals surface area contributed by atoms with Gasteiger partial charge < -0.3 is 5.11 Å². The number of nitrogens with zero attached hydrogens (tertiary/aromatic N) is 1. The van der Waals surface area contributed by atoms with Crippen molar-refractivity contribution in [3.63, 3.8) is 0 Å². The summed E-state index contributed by atoms with van der Waals surface area (Å²) in [6.45, 7) is 1.23. The summed E-state index contributed by atoms with van der Waals surface area (Å²) in [4.78, 5) is 24.9. The minimum Gasteiger partial charge on any atom is -0.395 e. The second-order valence-electron chi connectivity index (χ2n) is 2.28. The molecule has 11 heavy (non-hydrogen) atoms. The van der Waals surface area contributed by atoms with Crippen LogP contribution in [-0.2, 0) is 4.79 Å². The number of rotatable bonds is 1. The highest BCUT2D eigenvalue weighted by molar-refractivity contribution is 6.15. The maximum Gasteiger partial charge on any atom is 0.347 e. The molecule has 0 aromatic heterocycles. The number of aliphatic hydroxyl groups is 1. The van der Waals surface area contributed by atoms with Gasteiger partial charge in [0.05, 0.1) is 12.5 Å². The van der Waals surface area contributed by atoms with Gasteiger partial charge in [0.15, 0.2) is 0 Å². The van der Waals surface area contributed by atoms with Gasteiger partial charge in [-0.1, -0.05) is 0 Å². The fourth-order valence-corrected chi connectivity index (χ4v) is 0.863. The molecule has 3 amide bonds. The number of amides is 3. The quantitative estimate of drug-likeness (QED) is 0.527. The first-order valence-corrected chi connectivity index (χ1v) is 3.16. The Bertz CT molecular complexity index is 234. The van der Waals surface area contributed by atoms with Crippen molar-refractivity contribution >= 4 is 17.6 Å². The van der Waals surface area contributed by atoms with E-state index in [0.29, 0.717) is 5.71 Å². The SMILES string of the molecule is CC1=NC(=O)NC(=O)C1CO. The van der Waals surface area contributed by atoms with Crippen LogP contribution in [0.25, 0.3) is 0 Å². The minimum absolute atomic E-state index is 0.311. The van der Waals surface area contributed by atoms with Gasteiger partial charge in [0, 0.05) is 5.71 Å². The van der Waals surface area contributed by atoms with Gasteiger partial charge in [0.25, 0.3) is 0 Å². The van der Waals surface area contributed by atoms with Gasteiger partial charge in [-0.3, -0.25) is 10.1 Å². The summed E-state index contributed by atoms with van der Waals surface area (Å²) in [6.07, 6.45) is 0. The van der Waals surface area contributed by atoms with Gasteiger partial charge in [0.2, 0.25) is 5.91 Å². The zero-order valence-electron chi connectivity index (χ0n) is 6.00. The maximum absolute atomic E-state index is 10.9. The Labute approximate surface area is 63.1 Å². The molecular formula is C6H8N2O3. The van der Waals surface area contributed by atoms with Crippen molar-refractivity contribution in [2.24, 2.45) is 10.9 Å². The normalized spacial score (nSPS) is 24.5. The van der Waals surface area contributed by atoms with Gasteiger partial charge in [-0.05, 0) is 6.92 Å². The summed E-state index contributed by atoms with van der Waals surface area (Å²) in [5, 5.41) is 10.7. The number of aliphatic hydroxyl groups excluding tert-OH is 1. The molecule has 60 valence electrons. The van der Waals surface area contributed by atoms with E-state index in [0.717, 1.165) is 0 Å². The number of nitrogens with one attached hydrogen (secondary N) is 1. The first-order chi connectivity index (χ1) is 5.15. The van der Waals surface area contributed by atoms with E-state index in [-0.39, 0.29) is 6.61 Å². The maximum atomic E-state index is 10.9. The van der Waals surface area contributed by atoms with E-state index < -0.39 is 17.9 Å². The van der Waals surface area contributed by atoms with E-state index in [2.05, 4.69) is 4.99 Å². The third kappa shape index (κ3) is 1.43. The Morgan fingerprint density at radius 3 is 2.73 bits per heavy atom. The molecule has 0 spiro atoms. The first-order valence-electron chi connectivity index (χ1n) is 3.16. The van der Waals surface area contributed by atoms with Crippen LogP contribution in [0.2, 0.25) is 0 Å². The molecule has 5 heteroatoms. The molecular weight excluding hydrogens is 148 g/mol. The largest absolute Gasteiger partial charge is 0.395 e. The monoisotopic (exact) mass is 156 g/mol. The molecule has 5 nitrogen and oxygen atoms in total. The lowest BCUT2D eigenvalue weighted by Crippen LogP contribution is -2.43. The molecule has 1 unspecified atom stereocenters. The fraction of sp³-hybridized carbons (Fsp3) is 0.500. The molecule has 0 aromatic carbocycles. The molecule has 0 aromatic rings. The van der Waals surface area contributed by atoms with Crippen molar-refractivity contribution in [1.82, 2.24) is 5.32 Å². The number of urea groups is 1. The van der Waals surface area contributed by atoms with Crippen LogP contribution >= 0.6 is 0 Å². The van der Waals surface area contributed by atoms with Gasteiger partial charge in [-0.15, -0.1) is 0 Å². The van der Waals surface area contributed by atoms with Crippen LogP contribution < -0.4 is 5.32 Å². The Morgan fingerprint density at radius 1 is 1.64 bits per heavy atom. The average molecular weight is 156 g/mol. The molecule has 1 atom stereocenters. The lowest BCUT2D eigenvalue weighted by atomic mass is 10.0. The van der Waals surface area contributed by atoms with Gasteiger partial charge in [0.1, 0.15) is 0 Å². The Morgan fingerprint density at radius 2 is 2.27 bits per heavy atom. The van der Waals surface area contributed by atoms with E-state index in [4.69, 9.17) is 5.11 Å². The smallest absolute Gasteiger partial charge is 0.347 e. The Hall–Kier alpha value is -1.23. The number of carbonyl (C=O) groups is 2. The molecule has 0 bridgehead atoms. The van der Waals surface area contributed by atoms with Gasteiger partial charge in [-0.2, -0.15) is 0 Å². The molecule has 1 heterocycles. The summed E-state index contributed by atoms with van der Waals surface area (Å²) in [6, 6.07) is -0.655. The van der Waals surface area contributed by atoms with Gasteiger partial charge in [-0.25, -0.2) is 9.79 Å². The summed E-state index contributed by atoms with van der Waals surface area (Å²) >= 11 is 0. The molecule has 1 rings (SSSR count). The van der Waals surface area contributed by atoms with Crippen molar-refractivity contribution in [2.75, 3.05) is 6.61 Å². The van der Waals surface area contributed by atoms with E-state index in [9.17, 15) is 9.59 Å². The predicted octanol–water partition coefficient (Wildman–Crippen LogP) is -0.694. The Balaban J connectivity index is 2.88. The highest BCUT2D eigenvalue weighted by Crippen LogP contribution is 2.04. The highest BCUT2D eigenvalue weighted by Gasteiger charge is 2.26. The van der Waals surface area contributed by atoms with Crippen LogP contribution in [0.4, 0.5) is 4.79 Å². The molecule has 0 aliphatic carbocycles. The number of carbonyl (C=O) groups excluding carboxylic acids is 2. The molecule has 0 saturated carbocycles. The zero-order valence-corrected chi connectivity index (χ0v) is 6.00. The zero-order chi connectivity index (χ0) is 8.43. The Kier molecular flexibility index (Phi) is 2.00. The molecule has 0 fully saturated rings. The third-order valence-corrected chi connectivity index (χ3v) is 1.51. The number of hydrogen-bond acceptors (Lipinski definition) is 3. The number of aliphatic imine (C=N–C) groups is 1. The van der Waals surface area contributed by atoms with Crippen LogP contribution in [0.3, 0.4) is 0 Å². The summed E-state index contributed by atoms with van der Waals surface area (Å²) in [7, 11) is 0. The first kappa shape index (κ1) is 7.87. The van der Waals surface area contributed by atoms with E-state index in [1.165, 1.54) is 6.92 Å². The van der Waals surface area contributed by atoms with Crippen LogP contribution in [0, 0.1) is 5.92 Å². The van der Waals surface area contributed by atoms with E-state index >= 15 is 0 Å². The minimum atomic E-state index is -0.660. The van der Waals surface area contributed by atoms with Crippen LogP contribution in [0.1, 0.15) is 6.92 Å². The summed E-state index contributed by atoms with van der Waals surface area (Å²) in [5.41, 5.74) is 0.362. The lowest BCUT2D eigenvalue weighted by Gasteiger charge is -2.16. The molecule has 0 radical (unpaired) electrons. The molecule has 2 N–H and O–H groups in total. The van der Waals surface area contributed by atoms with Crippen molar-refractivity contribution in [3.05, 3.63) is 0 Å².